The molecule has 0 aromatic carbocycles. The summed E-state index contributed by atoms with van der Waals surface area (Å²) < 4.78 is 65.1. The van der Waals surface area contributed by atoms with Gasteiger partial charge in [-0.25, -0.2) is 0 Å². The molecular weight excluding hydrogens is 277 g/mol. The average molecular weight is 292 g/mol. The van der Waals surface area contributed by atoms with E-state index in [1.807, 2.05) is 0 Å². The minimum absolute atomic E-state index is 0.0514. The first kappa shape index (κ1) is 17.1. The van der Waals surface area contributed by atoms with E-state index in [0.717, 1.165) is 11.4 Å². The summed E-state index contributed by atoms with van der Waals surface area (Å²) in [5, 5.41) is 0. The lowest BCUT2D eigenvalue weighted by Gasteiger charge is -2.20. The summed E-state index contributed by atoms with van der Waals surface area (Å²) in [4.78, 5) is 10.8. The molecule has 108 valence electrons. The Bertz CT molecular complexity index is 369. The minimum Gasteiger partial charge on any atom is -0.469 e. The SMILES string of the molecule is CCN(CCC(=O)OC)S(=O)(=O)NCC(F)(F)F. The molecule has 0 fully saturated rings. The number of carbonyl (C=O) groups excluding carboxylic acids is 1. The van der Waals surface area contributed by atoms with E-state index in [1.165, 1.54) is 11.6 Å². The van der Waals surface area contributed by atoms with Gasteiger partial charge in [-0.2, -0.15) is 30.6 Å². The second kappa shape index (κ2) is 6.90. The summed E-state index contributed by atoms with van der Waals surface area (Å²) in [7, 11) is -3.12. The normalized spacial score (nSPS) is 12.8. The molecule has 10 heteroatoms. The Morgan fingerprint density at radius 2 is 1.94 bits per heavy atom. The number of hydrogen-bond acceptors (Lipinski definition) is 4. The van der Waals surface area contributed by atoms with Crippen molar-refractivity contribution in [3.63, 3.8) is 0 Å². The number of halogens is 3. The maximum atomic E-state index is 11.9. The van der Waals surface area contributed by atoms with Gasteiger partial charge in [0.1, 0.15) is 6.54 Å². The number of methoxy groups -OCH3 is 1. The summed E-state index contributed by atoms with van der Waals surface area (Å²) >= 11 is 0. The maximum absolute atomic E-state index is 11.9. The predicted octanol–water partition coefficient (Wildman–Crippen LogP) is 0.268. The summed E-state index contributed by atoms with van der Waals surface area (Å²) in [5.41, 5.74) is 0. The van der Waals surface area contributed by atoms with Crippen LogP contribution in [0.25, 0.3) is 0 Å². The topological polar surface area (TPSA) is 75.7 Å². The molecule has 0 aliphatic carbocycles. The van der Waals surface area contributed by atoms with Crippen molar-refractivity contribution in [3.8, 4) is 0 Å². The molecule has 0 radical (unpaired) electrons. The van der Waals surface area contributed by atoms with Gasteiger partial charge in [-0.05, 0) is 0 Å². The fraction of sp³-hybridized carbons (Fsp3) is 0.875. The van der Waals surface area contributed by atoms with Crippen LogP contribution in [0, 0.1) is 0 Å². The standard InChI is InChI=1S/C8H15F3N2O4S/c1-3-13(5-4-7(14)17-2)18(15,16)12-6-8(9,10)11/h12H,3-6H2,1-2H3. The molecule has 0 heterocycles. The number of ether oxygens (including phenoxy) is 1. The largest absolute Gasteiger partial charge is 0.469 e. The molecule has 1 N–H and O–H groups in total. The molecule has 0 aliphatic rings. The van der Waals surface area contributed by atoms with Gasteiger partial charge in [-0.15, -0.1) is 0 Å². The van der Waals surface area contributed by atoms with Gasteiger partial charge in [-0.3, -0.25) is 4.79 Å². The van der Waals surface area contributed by atoms with E-state index in [-0.39, 0.29) is 19.5 Å². The lowest BCUT2D eigenvalue weighted by molar-refractivity contribution is -0.140. The van der Waals surface area contributed by atoms with E-state index in [9.17, 15) is 26.4 Å². The number of esters is 1. The Morgan fingerprint density at radius 3 is 2.33 bits per heavy atom. The molecule has 0 aromatic rings. The zero-order chi connectivity index (χ0) is 14.4. The molecule has 0 unspecified atom stereocenters. The molecule has 0 amide bonds. The molecule has 0 atom stereocenters. The van der Waals surface area contributed by atoms with Crippen molar-refractivity contribution in [1.29, 1.82) is 0 Å². The fourth-order valence-corrected chi connectivity index (χ4v) is 2.23. The number of nitrogens with zero attached hydrogens (tertiary/aromatic N) is 1. The summed E-state index contributed by atoms with van der Waals surface area (Å²) in [5.74, 6) is -0.639. The molecular formula is C8H15F3N2O4S. The highest BCUT2D eigenvalue weighted by molar-refractivity contribution is 7.87. The Balaban J connectivity index is 4.48. The Labute approximate surface area is 103 Å². The van der Waals surface area contributed by atoms with Gasteiger partial charge in [0.2, 0.25) is 0 Å². The van der Waals surface area contributed by atoms with Crippen molar-refractivity contribution >= 4 is 16.2 Å². The number of rotatable bonds is 7. The summed E-state index contributed by atoms with van der Waals surface area (Å²) in [6, 6.07) is 0. The third-order valence-corrected chi connectivity index (χ3v) is 3.57. The van der Waals surface area contributed by atoms with Crippen molar-refractivity contribution in [2.45, 2.75) is 19.5 Å². The van der Waals surface area contributed by atoms with Crippen molar-refractivity contribution in [3.05, 3.63) is 0 Å². The van der Waals surface area contributed by atoms with Crippen molar-refractivity contribution in [2.24, 2.45) is 0 Å². The van der Waals surface area contributed by atoms with Crippen LogP contribution >= 0.6 is 0 Å². The predicted molar refractivity (Wildman–Crippen MR) is 56.9 cm³/mol. The van der Waals surface area contributed by atoms with Crippen LogP contribution in [0.4, 0.5) is 13.2 Å². The maximum Gasteiger partial charge on any atom is 0.402 e. The Hall–Kier alpha value is -0.870. The van der Waals surface area contributed by atoms with Crippen LogP contribution in [0.15, 0.2) is 0 Å². The first-order chi connectivity index (χ1) is 8.12. The fourth-order valence-electron chi connectivity index (χ4n) is 1.03. The summed E-state index contributed by atoms with van der Waals surface area (Å²) in [6.45, 7) is -0.491. The third-order valence-electron chi connectivity index (χ3n) is 1.94. The van der Waals surface area contributed by atoms with Gasteiger partial charge in [-0.1, -0.05) is 6.92 Å². The Morgan fingerprint density at radius 1 is 1.39 bits per heavy atom. The van der Waals surface area contributed by atoms with Crippen molar-refractivity contribution in [1.82, 2.24) is 9.03 Å². The van der Waals surface area contributed by atoms with Gasteiger partial charge in [0.05, 0.1) is 13.5 Å². The highest BCUT2D eigenvalue weighted by Crippen LogP contribution is 2.13. The number of alkyl halides is 3. The van der Waals surface area contributed by atoms with Crippen molar-refractivity contribution in [2.75, 3.05) is 26.7 Å². The first-order valence-corrected chi connectivity index (χ1v) is 6.44. The smallest absolute Gasteiger partial charge is 0.402 e. The van der Waals surface area contributed by atoms with Gasteiger partial charge in [0.15, 0.2) is 0 Å². The van der Waals surface area contributed by atoms with Gasteiger partial charge in [0, 0.05) is 13.1 Å². The molecule has 0 aliphatic heterocycles. The van der Waals surface area contributed by atoms with Crippen LogP contribution in [0.2, 0.25) is 0 Å². The third kappa shape index (κ3) is 6.77. The van der Waals surface area contributed by atoms with Crippen LogP contribution in [0.5, 0.6) is 0 Å². The van der Waals surface area contributed by atoms with E-state index < -0.39 is 28.9 Å². The van der Waals surface area contributed by atoms with E-state index in [2.05, 4.69) is 4.74 Å². The first-order valence-electron chi connectivity index (χ1n) is 5.00. The highest BCUT2D eigenvalue weighted by Gasteiger charge is 2.31. The minimum atomic E-state index is -4.63. The zero-order valence-electron chi connectivity index (χ0n) is 9.95. The van der Waals surface area contributed by atoms with E-state index >= 15 is 0 Å². The molecule has 0 bridgehead atoms. The second-order valence-electron chi connectivity index (χ2n) is 3.26. The lowest BCUT2D eigenvalue weighted by Crippen LogP contribution is -2.44. The van der Waals surface area contributed by atoms with Gasteiger partial charge in [0.25, 0.3) is 10.2 Å². The van der Waals surface area contributed by atoms with Crippen LogP contribution < -0.4 is 4.72 Å². The van der Waals surface area contributed by atoms with E-state index in [0.29, 0.717) is 0 Å². The monoisotopic (exact) mass is 292 g/mol. The average Bonchev–Trinajstić information content (AvgIpc) is 2.26. The number of nitrogens with one attached hydrogen (secondary N) is 1. The van der Waals surface area contributed by atoms with E-state index in [4.69, 9.17) is 0 Å². The number of hydrogen-bond donors (Lipinski definition) is 1. The van der Waals surface area contributed by atoms with Crippen LogP contribution in [-0.4, -0.2) is 51.6 Å². The molecule has 0 aromatic heterocycles. The molecule has 0 saturated carbocycles. The van der Waals surface area contributed by atoms with Gasteiger partial charge < -0.3 is 4.74 Å². The molecule has 18 heavy (non-hydrogen) atoms. The summed E-state index contributed by atoms with van der Waals surface area (Å²) in [6.07, 6.45) is -4.86. The molecule has 6 nitrogen and oxygen atoms in total. The molecule has 0 spiro atoms. The second-order valence-corrected chi connectivity index (χ2v) is 5.01. The lowest BCUT2D eigenvalue weighted by atomic mass is 10.4. The van der Waals surface area contributed by atoms with Crippen LogP contribution in [-0.2, 0) is 19.7 Å². The van der Waals surface area contributed by atoms with Crippen molar-refractivity contribution < 1.29 is 31.1 Å². The van der Waals surface area contributed by atoms with Gasteiger partial charge >= 0.3 is 12.1 Å². The van der Waals surface area contributed by atoms with Crippen LogP contribution in [0.3, 0.4) is 0 Å². The van der Waals surface area contributed by atoms with Crippen LogP contribution in [0.1, 0.15) is 13.3 Å². The van der Waals surface area contributed by atoms with E-state index in [1.54, 1.807) is 0 Å². The number of carbonyl (C=O) groups is 1. The highest BCUT2D eigenvalue weighted by atomic mass is 32.2. The zero-order valence-corrected chi connectivity index (χ0v) is 10.8. The molecule has 0 rings (SSSR count). The Kier molecular flexibility index (Phi) is 6.57. The quantitative estimate of drug-likeness (QED) is 0.683. The molecule has 0 saturated heterocycles.